The largest absolute Gasteiger partial charge is 2.00 e. The molecule has 9 heteroatoms. The average Bonchev–Trinajstić information content (AvgIpc) is 1.27. The minimum atomic E-state index is -3.24. The molecule has 0 amide bonds. The summed E-state index contributed by atoms with van der Waals surface area (Å²) in [7, 11) is -6.47. The maximum atomic E-state index is 9.24. The van der Waals surface area contributed by atoms with Crippen molar-refractivity contribution in [3.8, 4) is 0 Å². The van der Waals surface area contributed by atoms with Crippen molar-refractivity contribution in [1.82, 2.24) is 0 Å². The molecule has 2 radical (unpaired) electrons. The van der Waals surface area contributed by atoms with Gasteiger partial charge in [0.25, 0.3) is 0 Å². The predicted octanol–water partition coefficient (Wildman–Crippen LogP) is -3.11. The van der Waals surface area contributed by atoms with Gasteiger partial charge in [-0.3, -0.25) is 0 Å². The van der Waals surface area contributed by atoms with E-state index in [4.69, 9.17) is 0 Å². The maximum Gasteiger partial charge on any atom is 2.00 e. The third-order valence-electron chi connectivity index (χ3n) is 0.133. The molecular formula is Cu2O5P2. The van der Waals surface area contributed by atoms with Gasteiger partial charge < -0.3 is 23.9 Å². The zero-order valence-electron chi connectivity index (χ0n) is 3.54. The molecule has 0 aromatic rings. The third-order valence-corrected chi connectivity index (χ3v) is 1.20. The van der Waals surface area contributed by atoms with Crippen molar-refractivity contribution in [3.05, 3.63) is 0 Å². The minimum absolute atomic E-state index is 0. The zero-order chi connectivity index (χ0) is 5.86. The van der Waals surface area contributed by atoms with Crippen LogP contribution in [0.5, 0.6) is 0 Å². The van der Waals surface area contributed by atoms with Gasteiger partial charge in [-0.05, 0) is 0 Å². The molecule has 0 aromatic carbocycles. The fourth-order valence-electron chi connectivity index (χ4n) is 0.0544. The van der Waals surface area contributed by atoms with E-state index in [9.17, 15) is 19.6 Å². The van der Waals surface area contributed by atoms with Gasteiger partial charge in [-0.15, -0.1) is 0 Å². The van der Waals surface area contributed by atoms with Crippen molar-refractivity contribution in [2.75, 3.05) is 0 Å². The number of rotatable bonds is 2. The Bertz CT molecular complexity index is 42.2. The second-order valence-corrected chi connectivity index (χ2v) is 2.08. The first-order valence-corrected chi connectivity index (χ1v) is 3.29. The Balaban J connectivity index is -0.000000180. The summed E-state index contributed by atoms with van der Waals surface area (Å²) in [5.41, 5.74) is 0. The fourth-order valence-corrected chi connectivity index (χ4v) is 0.490. The summed E-state index contributed by atoms with van der Waals surface area (Å²) in [6.45, 7) is 0. The van der Waals surface area contributed by atoms with E-state index in [1.807, 2.05) is 0 Å². The van der Waals surface area contributed by atoms with Crippen LogP contribution < -0.4 is 19.6 Å². The predicted molar refractivity (Wildman–Crippen MR) is 14.9 cm³/mol. The van der Waals surface area contributed by atoms with Gasteiger partial charge in [-0.1, -0.05) is 0 Å². The van der Waals surface area contributed by atoms with Crippen LogP contribution in [0.3, 0.4) is 0 Å². The molecule has 9 heavy (non-hydrogen) atoms. The Labute approximate surface area is 75.4 Å². The van der Waals surface area contributed by atoms with E-state index < -0.39 is 17.2 Å². The van der Waals surface area contributed by atoms with Gasteiger partial charge in [0.05, 0.1) is 0 Å². The topological polar surface area (TPSA) is 101 Å². The Hall–Kier alpha value is 1.70. The first-order chi connectivity index (χ1) is 3.13. The molecule has 0 N–H and O–H groups in total. The van der Waals surface area contributed by atoms with E-state index >= 15 is 0 Å². The molecule has 0 aromatic heterocycles. The van der Waals surface area contributed by atoms with Crippen LogP contribution in [0.4, 0.5) is 0 Å². The molecule has 0 atom stereocenters. The molecule has 0 aliphatic rings. The Kier molecular flexibility index (Phi) is 18.3. The molecule has 0 bridgehead atoms. The van der Waals surface area contributed by atoms with Crippen molar-refractivity contribution in [1.29, 1.82) is 0 Å². The third kappa shape index (κ3) is 17.7. The average molecular weight is 269 g/mol. The van der Waals surface area contributed by atoms with Gasteiger partial charge >= 0.3 is 34.1 Å². The maximum absolute atomic E-state index is 9.24. The van der Waals surface area contributed by atoms with Crippen molar-refractivity contribution in [2.45, 2.75) is 0 Å². The summed E-state index contributed by atoms with van der Waals surface area (Å²) in [6.07, 6.45) is 0. The molecule has 0 unspecified atom stereocenters. The summed E-state index contributed by atoms with van der Waals surface area (Å²) in [5.74, 6) is 0. The quantitative estimate of drug-likeness (QED) is 0.390. The smallest absolute Gasteiger partial charge is 0.820 e. The van der Waals surface area contributed by atoms with Crippen molar-refractivity contribution < 1.29 is 58.0 Å². The van der Waals surface area contributed by atoms with Gasteiger partial charge in [-0.2, -0.15) is 17.2 Å². The first-order valence-electron chi connectivity index (χ1n) is 1.10. The molecule has 0 saturated heterocycles. The van der Waals surface area contributed by atoms with Crippen LogP contribution in [0.1, 0.15) is 0 Å². The van der Waals surface area contributed by atoms with Crippen LogP contribution >= 0.6 is 17.2 Å². The molecule has 5 nitrogen and oxygen atoms in total. The van der Waals surface area contributed by atoms with E-state index in [0.29, 0.717) is 0 Å². The van der Waals surface area contributed by atoms with Crippen LogP contribution in [0, 0.1) is 0 Å². The van der Waals surface area contributed by atoms with Crippen LogP contribution in [0.25, 0.3) is 0 Å². The summed E-state index contributed by atoms with van der Waals surface area (Å²) < 4.78 is 3.16. The van der Waals surface area contributed by atoms with Crippen molar-refractivity contribution in [2.24, 2.45) is 0 Å². The minimum Gasteiger partial charge on any atom is -0.820 e. The summed E-state index contributed by atoms with van der Waals surface area (Å²) in [5, 5.41) is 0. The summed E-state index contributed by atoms with van der Waals surface area (Å²) >= 11 is 0. The Morgan fingerprint density at radius 2 is 1.00 bits per heavy atom. The molecule has 0 heterocycles. The van der Waals surface area contributed by atoms with E-state index in [1.54, 1.807) is 0 Å². The molecule has 0 rings (SSSR count). The van der Waals surface area contributed by atoms with Crippen LogP contribution in [-0.4, -0.2) is 0 Å². The molecular weight excluding hydrogens is 269 g/mol. The standard InChI is InChI=1S/2Cu.O5P2/c;;1-6(2)5-7(3)4/q2*+2;-4. The summed E-state index contributed by atoms with van der Waals surface area (Å²) in [4.78, 5) is 37.0. The van der Waals surface area contributed by atoms with Crippen molar-refractivity contribution in [3.63, 3.8) is 0 Å². The van der Waals surface area contributed by atoms with Gasteiger partial charge in [0, 0.05) is 0 Å². The van der Waals surface area contributed by atoms with Gasteiger partial charge in [0.15, 0.2) is 0 Å². The van der Waals surface area contributed by atoms with Crippen LogP contribution in [0.2, 0.25) is 0 Å². The molecule has 0 aliphatic carbocycles. The van der Waals surface area contributed by atoms with Gasteiger partial charge in [0.1, 0.15) is 0 Å². The first kappa shape index (κ1) is 17.0. The SMILES string of the molecule is [Cu+2].[Cu+2].[O-]P([O-])OP([O-])[O-]. The van der Waals surface area contributed by atoms with Gasteiger partial charge in [-0.25, -0.2) is 0 Å². The molecule has 0 spiro atoms. The Morgan fingerprint density at radius 1 is 0.778 bits per heavy atom. The number of hydrogen-bond acceptors (Lipinski definition) is 5. The van der Waals surface area contributed by atoms with Crippen LogP contribution in [-0.2, 0) is 38.4 Å². The monoisotopic (exact) mass is 268 g/mol. The van der Waals surface area contributed by atoms with Gasteiger partial charge in [0.2, 0.25) is 0 Å². The molecule has 0 aliphatic heterocycles. The van der Waals surface area contributed by atoms with E-state index in [0.717, 1.165) is 0 Å². The van der Waals surface area contributed by atoms with Crippen LogP contribution in [0.15, 0.2) is 0 Å². The normalized spacial score (nSPS) is 8.67. The molecule has 0 fully saturated rings. The van der Waals surface area contributed by atoms with E-state index in [1.165, 1.54) is 0 Å². The summed E-state index contributed by atoms with van der Waals surface area (Å²) in [6, 6.07) is 0. The Morgan fingerprint density at radius 3 is 1.00 bits per heavy atom. The van der Waals surface area contributed by atoms with E-state index in [2.05, 4.69) is 4.31 Å². The van der Waals surface area contributed by atoms with Crippen molar-refractivity contribution >= 4 is 17.2 Å². The second-order valence-electron chi connectivity index (χ2n) is 0.529. The fraction of sp³-hybridized carbons (Fsp3) is 0. The van der Waals surface area contributed by atoms with E-state index in [-0.39, 0.29) is 34.1 Å². The number of hydrogen-bond donors (Lipinski definition) is 0. The molecule has 62 valence electrons. The zero-order valence-corrected chi connectivity index (χ0v) is 7.21. The molecule has 0 saturated carbocycles. The second kappa shape index (κ2) is 9.70.